The number of thiazole rings is 1. The molecule has 0 spiro atoms. The summed E-state index contributed by atoms with van der Waals surface area (Å²) < 4.78 is 24.2. The van der Waals surface area contributed by atoms with Crippen molar-refractivity contribution in [2.45, 2.75) is 13.5 Å². The molecule has 1 heterocycles. The number of aromatic nitrogens is 1. The van der Waals surface area contributed by atoms with Crippen LogP contribution in [0.1, 0.15) is 9.88 Å². The van der Waals surface area contributed by atoms with Crippen LogP contribution in [0.25, 0.3) is 0 Å². The first-order chi connectivity index (χ1) is 6.03. The molecule has 74 valence electrons. The van der Waals surface area contributed by atoms with Crippen molar-refractivity contribution in [1.82, 2.24) is 9.71 Å². The molecule has 0 radical (unpaired) electrons. The Morgan fingerprint density at radius 1 is 1.69 bits per heavy atom. The quantitative estimate of drug-likeness (QED) is 0.801. The summed E-state index contributed by atoms with van der Waals surface area (Å²) in [5, 5.41) is 0.323. The van der Waals surface area contributed by atoms with Crippen LogP contribution in [-0.4, -0.2) is 18.6 Å². The fraction of sp³-hybridized carbons (Fsp3) is 0.500. The van der Waals surface area contributed by atoms with Crippen molar-refractivity contribution >= 4 is 33.0 Å². The van der Waals surface area contributed by atoms with Gasteiger partial charge in [-0.25, -0.2) is 18.1 Å². The van der Waals surface area contributed by atoms with Gasteiger partial charge in [0.2, 0.25) is 10.0 Å². The predicted octanol–water partition coefficient (Wildman–Crippen LogP) is 1.07. The van der Waals surface area contributed by atoms with Crippen LogP contribution in [0, 0.1) is 6.92 Å². The number of nitrogens with zero attached hydrogens (tertiary/aromatic N) is 1. The molecule has 1 N–H and O–H groups in total. The summed E-state index contributed by atoms with van der Waals surface area (Å²) in [6, 6.07) is 0. The van der Waals surface area contributed by atoms with Crippen LogP contribution in [0.2, 0.25) is 0 Å². The van der Waals surface area contributed by atoms with Gasteiger partial charge in [-0.3, -0.25) is 0 Å². The van der Waals surface area contributed by atoms with Crippen LogP contribution in [0.5, 0.6) is 0 Å². The van der Waals surface area contributed by atoms with Crippen LogP contribution in [0.3, 0.4) is 0 Å². The van der Waals surface area contributed by atoms with Gasteiger partial charge in [-0.2, -0.15) is 0 Å². The normalized spacial score (nSPS) is 11.8. The molecule has 0 aliphatic carbocycles. The lowest BCUT2D eigenvalue weighted by Crippen LogP contribution is -2.23. The van der Waals surface area contributed by atoms with Gasteiger partial charge >= 0.3 is 0 Å². The molecule has 0 aliphatic heterocycles. The Labute approximate surface area is 86.0 Å². The summed E-state index contributed by atoms with van der Waals surface area (Å²) in [5.41, 5.74) is 0. The summed E-state index contributed by atoms with van der Waals surface area (Å²) in [6.45, 7) is 2.13. The molecule has 1 rings (SSSR count). The Hall–Kier alpha value is -0.170. The second-order valence-corrected chi connectivity index (χ2v) is 6.12. The minimum atomic E-state index is -3.33. The maximum absolute atomic E-state index is 10.9. The van der Waals surface area contributed by atoms with Crippen LogP contribution in [0.15, 0.2) is 6.20 Å². The molecule has 0 saturated carbocycles. The number of aryl methyl sites for hydroxylation is 1. The fourth-order valence-corrected chi connectivity index (χ4v) is 2.18. The zero-order chi connectivity index (χ0) is 9.90. The van der Waals surface area contributed by atoms with Crippen LogP contribution >= 0.6 is 22.9 Å². The number of rotatable bonds is 4. The molecule has 0 aliphatic rings. The smallest absolute Gasteiger partial charge is 0.226 e. The van der Waals surface area contributed by atoms with Gasteiger partial charge in [-0.05, 0) is 6.92 Å². The molecule has 0 atom stereocenters. The molecular formula is C6H9ClN2O2S2. The first kappa shape index (κ1) is 10.9. The van der Waals surface area contributed by atoms with E-state index < -0.39 is 15.2 Å². The van der Waals surface area contributed by atoms with E-state index in [2.05, 4.69) is 9.71 Å². The topological polar surface area (TPSA) is 59.1 Å². The summed E-state index contributed by atoms with van der Waals surface area (Å²) >= 11 is 6.65. The Morgan fingerprint density at radius 3 is 2.85 bits per heavy atom. The van der Waals surface area contributed by atoms with E-state index in [1.54, 1.807) is 6.20 Å². The zero-order valence-corrected chi connectivity index (χ0v) is 9.34. The SMILES string of the molecule is Cc1cnc(CNS(=O)(=O)CCl)s1. The van der Waals surface area contributed by atoms with E-state index in [4.69, 9.17) is 11.6 Å². The summed E-state index contributed by atoms with van der Waals surface area (Å²) in [4.78, 5) is 5.06. The van der Waals surface area contributed by atoms with Crippen molar-refractivity contribution in [3.05, 3.63) is 16.1 Å². The molecule has 1 aromatic rings. The minimum absolute atomic E-state index is 0.216. The molecule has 0 amide bonds. The van der Waals surface area contributed by atoms with E-state index in [-0.39, 0.29) is 6.54 Å². The van der Waals surface area contributed by atoms with Crippen molar-refractivity contribution in [1.29, 1.82) is 0 Å². The summed E-state index contributed by atoms with van der Waals surface area (Å²) in [5.74, 6) is 0. The van der Waals surface area contributed by atoms with Crippen LogP contribution in [0.4, 0.5) is 0 Å². The molecule has 1 aromatic heterocycles. The number of sulfonamides is 1. The third-order valence-electron chi connectivity index (χ3n) is 1.26. The van der Waals surface area contributed by atoms with E-state index in [1.165, 1.54) is 11.3 Å². The molecule has 0 aromatic carbocycles. The lowest BCUT2D eigenvalue weighted by atomic mass is 10.6. The number of hydrogen-bond donors (Lipinski definition) is 1. The Morgan fingerprint density at radius 2 is 2.38 bits per heavy atom. The molecule has 0 unspecified atom stereocenters. The Bertz CT molecular complexity index is 374. The van der Waals surface area contributed by atoms with Crippen molar-refractivity contribution in [2.75, 3.05) is 5.21 Å². The molecule has 13 heavy (non-hydrogen) atoms. The first-order valence-electron chi connectivity index (χ1n) is 3.48. The highest BCUT2D eigenvalue weighted by atomic mass is 35.5. The fourth-order valence-electron chi connectivity index (χ4n) is 0.693. The highest BCUT2D eigenvalue weighted by Gasteiger charge is 2.08. The van der Waals surface area contributed by atoms with Crippen molar-refractivity contribution in [3.8, 4) is 0 Å². The first-order valence-corrected chi connectivity index (χ1v) is 6.48. The van der Waals surface area contributed by atoms with E-state index in [0.29, 0.717) is 0 Å². The monoisotopic (exact) mass is 240 g/mol. The zero-order valence-electron chi connectivity index (χ0n) is 6.95. The van der Waals surface area contributed by atoms with E-state index >= 15 is 0 Å². The van der Waals surface area contributed by atoms with Crippen molar-refractivity contribution in [3.63, 3.8) is 0 Å². The molecule has 0 bridgehead atoms. The molecule has 0 fully saturated rings. The summed E-state index contributed by atoms with van der Waals surface area (Å²) in [6.07, 6.45) is 1.70. The Kier molecular flexibility index (Phi) is 3.66. The van der Waals surface area contributed by atoms with Crippen LogP contribution < -0.4 is 4.72 Å². The molecule has 0 saturated heterocycles. The predicted molar refractivity (Wildman–Crippen MR) is 53.3 cm³/mol. The van der Waals surface area contributed by atoms with Gasteiger partial charge < -0.3 is 0 Å². The standard InChI is InChI=1S/C6H9ClN2O2S2/c1-5-2-8-6(12-5)3-9-13(10,11)4-7/h2,9H,3-4H2,1H3. The second kappa shape index (κ2) is 4.36. The van der Waals surface area contributed by atoms with Crippen molar-refractivity contribution in [2.24, 2.45) is 0 Å². The van der Waals surface area contributed by atoms with Gasteiger partial charge in [0.15, 0.2) is 0 Å². The maximum atomic E-state index is 10.9. The average Bonchev–Trinajstić information content (AvgIpc) is 2.48. The minimum Gasteiger partial charge on any atom is -0.248 e. The van der Waals surface area contributed by atoms with Gasteiger partial charge in [-0.15, -0.1) is 22.9 Å². The van der Waals surface area contributed by atoms with Crippen molar-refractivity contribution < 1.29 is 8.42 Å². The number of alkyl halides is 1. The number of nitrogens with one attached hydrogen (secondary N) is 1. The highest BCUT2D eigenvalue weighted by molar-refractivity contribution is 7.90. The largest absolute Gasteiger partial charge is 0.248 e. The summed E-state index contributed by atoms with van der Waals surface area (Å²) in [7, 11) is -3.33. The number of halogens is 1. The lowest BCUT2D eigenvalue weighted by molar-refractivity contribution is 0.586. The van der Waals surface area contributed by atoms with E-state index in [1.807, 2.05) is 6.92 Å². The number of hydrogen-bond acceptors (Lipinski definition) is 4. The lowest BCUT2D eigenvalue weighted by Gasteiger charge is -1.99. The van der Waals surface area contributed by atoms with Gasteiger partial charge in [-0.1, -0.05) is 0 Å². The Balaban J connectivity index is 2.53. The van der Waals surface area contributed by atoms with Crippen LogP contribution in [-0.2, 0) is 16.6 Å². The molecule has 7 heteroatoms. The molecular weight excluding hydrogens is 232 g/mol. The average molecular weight is 241 g/mol. The highest BCUT2D eigenvalue weighted by Crippen LogP contribution is 2.10. The van der Waals surface area contributed by atoms with Gasteiger partial charge in [0.25, 0.3) is 0 Å². The van der Waals surface area contributed by atoms with E-state index in [9.17, 15) is 8.42 Å². The third kappa shape index (κ3) is 3.60. The van der Waals surface area contributed by atoms with Gasteiger partial charge in [0, 0.05) is 11.1 Å². The molecule has 4 nitrogen and oxygen atoms in total. The van der Waals surface area contributed by atoms with Gasteiger partial charge in [0.1, 0.15) is 10.2 Å². The van der Waals surface area contributed by atoms with Gasteiger partial charge in [0.05, 0.1) is 6.54 Å². The van der Waals surface area contributed by atoms with E-state index in [0.717, 1.165) is 9.88 Å². The second-order valence-electron chi connectivity index (χ2n) is 2.41. The third-order valence-corrected chi connectivity index (χ3v) is 3.90. The maximum Gasteiger partial charge on any atom is 0.226 e.